The second kappa shape index (κ2) is 15.6. The summed E-state index contributed by atoms with van der Waals surface area (Å²) in [5.74, 6) is -2.55. The number of methoxy groups -OCH3 is 1. The minimum absolute atomic E-state index is 0.00769. The minimum atomic E-state index is -1.74. The number of halogens is 2. The highest BCUT2D eigenvalue weighted by Gasteiger charge is 2.32. The van der Waals surface area contributed by atoms with Gasteiger partial charge < -0.3 is 29.0 Å². The molecule has 1 aliphatic carbocycles. The lowest BCUT2D eigenvalue weighted by atomic mass is 9.93. The van der Waals surface area contributed by atoms with Crippen molar-refractivity contribution in [2.24, 2.45) is 0 Å². The quantitative estimate of drug-likeness (QED) is 0.121. The van der Waals surface area contributed by atoms with Gasteiger partial charge in [-0.1, -0.05) is 55.7 Å². The number of aromatic nitrogens is 4. The number of rotatable bonds is 14. The molecule has 3 aromatic carbocycles. The van der Waals surface area contributed by atoms with Crippen LogP contribution < -0.4 is 15.3 Å². The Bertz CT molecular complexity index is 1640. The van der Waals surface area contributed by atoms with Gasteiger partial charge in [0.15, 0.2) is 18.4 Å². The maximum absolute atomic E-state index is 14.5. The first kappa shape index (κ1) is 32.7. The van der Waals surface area contributed by atoms with Crippen molar-refractivity contribution in [1.29, 1.82) is 0 Å². The van der Waals surface area contributed by atoms with Gasteiger partial charge in [-0.25, -0.2) is 18.4 Å². The zero-order valence-corrected chi connectivity index (χ0v) is 25.3. The highest BCUT2D eigenvalue weighted by atomic mass is 19.1. The number of nitrogens with zero attached hydrogens (tertiary/aromatic N) is 5. The summed E-state index contributed by atoms with van der Waals surface area (Å²) in [6.45, 7) is 0.474. The van der Waals surface area contributed by atoms with Crippen LogP contribution in [-0.2, 0) is 20.8 Å². The van der Waals surface area contributed by atoms with Gasteiger partial charge in [-0.15, -0.1) is 4.68 Å². The minimum Gasteiger partial charge on any atom is -0.467 e. The smallest absolute Gasteiger partial charge is 0.372 e. The molecule has 0 bridgehead atoms. The molecule has 1 unspecified atom stereocenters. The molecule has 14 heteroatoms. The van der Waals surface area contributed by atoms with Crippen LogP contribution in [0.3, 0.4) is 0 Å². The molecular formula is C32H35F2N5O7. The van der Waals surface area contributed by atoms with E-state index in [2.05, 4.69) is 10.4 Å². The molecule has 0 spiro atoms. The summed E-state index contributed by atoms with van der Waals surface area (Å²) in [7, 11) is 1.54. The zero-order valence-electron chi connectivity index (χ0n) is 25.3. The molecule has 0 saturated heterocycles. The molecule has 0 amide bonds. The molecule has 5 rings (SSSR count). The van der Waals surface area contributed by atoms with Crippen LogP contribution in [0.2, 0.25) is 0 Å². The molecule has 1 aliphatic rings. The molecule has 46 heavy (non-hydrogen) atoms. The standard InChI is InChI=1S/C32H35F2N5O7/c1-43-17-18-44-21-46-28-16-15-24(19-25(28)30(40)45-20-22-9-4-2-5-10-22)37(23-11-6-3-7-12-23)31(41)39-32(42)38(35-36-39)29-26(33)13-8-14-27(29)34/h2,4-5,8-10,13-16,19,23,31,41H,3,6-7,11-12,17-18,20-21H2,1H3. The van der Waals surface area contributed by atoms with E-state index >= 15 is 0 Å². The number of aliphatic hydroxyl groups is 1. The van der Waals surface area contributed by atoms with Crippen LogP contribution in [0, 0.1) is 11.6 Å². The van der Waals surface area contributed by atoms with E-state index in [1.165, 1.54) is 6.07 Å². The molecule has 1 fully saturated rings. The average molecular weight is 640 g/mol. The second-order valence-corrected chi connectivity index (χ2v) is 10.6. The Balaban J connectivity index is 1.50. The van der Waals surface area contributed by atoms with E-state index < -0.39 is 35.3 Å². The predicted molar refractivity (Wildman–Crippen MR) is 161 cm³/mol. The molecule has 0 aliphatic heterocycles. The summed E-state index contributed by atoms with van der Waals surface area (Å²) < 4.78 is 51.9. The van der Waals surface area contributed by atoms with Gasteiger partial charge in [0.1, 0.15) is 23.6 Å². The molecule has 1 N–H and O–H groups in total. The van der Waals surface area contributed by atoms with Crippen molar-refractivity contribution in [2.75, 3.05) is 32.0 Å². The number of benzene rings is 3. The van der Waals surface area contributed by atoms with Crippen molar-refractivity contribution in [3.05, 3.63) is 100.0 Å². The van der Waals surface area contributed by atoms with Gasteiger partial charge in [0, 0.05) is 18.8 Å². The lowest BCUT2D eigenvalue weighted by Crippen LogP contribution is -2.45. The molecular weight excluding hydrogens is 604 g/mol. The van der Waals surface area contributed by atoms with Gasteiger partial charge in [0.25, 0.3) is 0 Å². The first-order chi connectivity index (χ1) is 22.4. The van der Waals surface area contributed by atoms with Crippen molar-refractivity contribution >= 4 is 11.7 Å². The average Bonchev–Trinajstić information content (AvgIpc) is 3.45. The van der Waals surface area contributed by atoms with E-state index in [-0.39, 0.29) is 37.4 Å². The molecule has 1 saturated carbocycles. The molecule has 1 atom stereocenters. The highest BCUT2D eigenvalue weighted by molar-refractivity contribution is 5.93. The fraction of sp³-hybridized carbons (Fsp3) is 0.375. The number of esters is 1. The number of aliphatic hydroxyl groups excluding tert-OH is 1. The van der Waals surface area contributed by atoms with Gasteiger partial charge in [-0.2, -0.15) is 4.68 Å². The third-order valence-corrected chi connectivity index (χ3v) is 7.61. The normalized spacial score (nSPS) is 14.2. The lowest BCUT2D eigenvalue weighted by Gasteiger charge is -2.38. The Hall–Kier alpha value is -4.66. The topological polar surface area (TPSA) is 130 Å². The van der Waals surface area contributed by atoms with E-state index in [0.717, 1.165) is 43.0 Å². The second-order valence-electron chi connectivity index (χ2n) is 10.6. The zero-order chi connectivity index (χ0) is 32.5. The molecule has 1 heterocycles. The van der Waals surface area contributed by atoms with Gasteiger partial charge in [-0.05, 0) is 59.2 Å². The number of tetrazole rings is 1. The van der Waals surface area contributed by atoms with Gasteiger partial charge in [0.2, 0.25) is 6.35 Å². The van der Waals surface area contributed by atoms with Crippen molar-refractivity contribution in [1.82, 2.24) is 19.8 Å². The van der Waals surface area contributed by atoms with E-state index in [0.29, 0.717) is 34.5 Å². The summed E-state index contributed by atoms with van der Waals surface area (Å²) in [6, 6.07) is 16.7. The van der Waals surface area contributed by atoms with Crippen LogP contribution in [0.4, 0.5) is 14.5 Å². The van der Waals surface area contributed by atoms with E-state index in [4.69, 9.17) is 18.9 Å². The summed E-state index contributed by atoms with van der Waals surface area (Å²) in [5.41, 5.74) is -0.579. The first-order valence-corrected chi connectivity index (χ1v) is 14.9. The molecule has 4 aromatic rings. The lowest BCUT2D eigenvalue weighted by molar-refractivity contribution is -0.00924. The fourth-order valence-corrected chi connectivity index (χ4v) is 5.31. The summed E-state index contributed by atoms with van der Waals surface area (Å²) in [4.78, 5) is 28.3. The maximum atomic E-state index is 14.5. The van der Waals surface area contributed by atoms with Gasteiger partial charge in [0.05, 0.1) is 13.2 Å². The first-order valence-electron chi connectivity index (χ1n) is 14.9. The van der Waals surface area contributed by atoms with Crippen LogP contribution in [0.25, 0.3) is 5.69 Å². The molecule has 244 valence electrons. The monoisotopic (exact) mass is 639 g/mol. The Morgan fingerprint density at radius 1 is 1.00 bits per heavy atom. The largest absolute Gasteiger partial charge is 0.467 e. The Labute approximate surface area is 263 Å². The predicted octanol–water partition coefficient (Wildman–Crippen LogP) is 4.35. The van der Waals surface area contributed by atoms with E-state index in [1.807, 2.05) is 30.3 Å². The summed E-state index contributed by atoms with van der Waals surface area (Å²) in [6.07, 6.45) is 2.32. The summed E-state index contributed by atoms with van der Waals surface area (Å²) >= 11 is 0. The van der Waals surface area contributed by atoms with Crippen molar-refractivity contribution in [3.63, 3.8) is 0 Å². The Morgan fingerprint density at radius 2 is 1.74 bits per heavy atom. The van der Waals surface area contributed by atoms with Crippen LogP contribution >= 0.6 is 0 Å². The number of ether oxygens (including phenoxy) is 4. The van der Waals surface area contributed by atoms with Crippen LogP contribution in [-0.4, -0.2) is 64.0 Å². The SMILES string of the molecule is COCCOCOc1ccc(N(C2CCCCC2)C(O)n2nnn(-c3c(F)cccc3F)c2=O)cc1C(=O)OCc1ccccc1. The van der Waals surface area contributed by atoms with Crippen molar-refractivity contribution in [2.45, 2.75) is 51.1 Å². The third kappa shape index (κ3) is 7.58. The van der Waals surface area contributed by atoms with Crippen molar-refractivity contribution < 1.29 is 37.6 Å². The van der Waals surface area contributed by atoms with E-state index in [1.54, 1.807) is 24.1 Å². The van der Waals surface area contributed by atoms with Crippen LogP contribution in [0.1, 0.15) is 54.4 Å². The molecule has 1 aromatic heterocycles. The van der Waals surface area contributed by atoms with Crippen LogP contribution in [0.15, 0.2) is 71.5 Å². The van der Waals surface area contributed by atoms with Gasteiger partial charge in [-0.3, -0.25) is 0 Å². The van der Waals surface area contributed by atoms with Crippen LogP contribution in [0.5, 0.6) is 5.75 Å². The Morgan fingerprint density at radius 3 is 2.46 bits per heavy atom. The number of para-hydroxylation sites is 1. The molecule has 12 nitrogen and oxygen atoms in total. The van der Waals surface area contributed by atoms with Gasteiger partial charge >= 0.3 is 11.7 Å². The summed E-state index contributed by atoms with van der Waals surface area (Å²) in [5, 5.41) is 19.1. The number of carbonyl (C=O) groups excluding carboxylic acids is 1. The maximum Gasteiger partial charge on any atom is 0.372 e. The highest BCUT2D eigenvalue weighted by Crippen LogP contribution is 2.34. The molecule has 0 radical (unpaired) electrons. The number of carbonyl (C=O) groups is 1. The third-order valence-electron chi connectivity index (χ3n) is 7.61. The Kier molecular flexibility index (Phi) is 11.1. The number of hydrogen-bond donors (Lipinski definition) is 1. The van der Waals surface area contributed by atoms with Crippen molar-refractivity contribution in [3.8, 4) is 11.4 Å². The van der Waals surface area contributed by atoms with E-state index in [9.17, 15) is 23.5 Å². The number of anilines is 1. The fourth-order valence-electron chi connectivity index (χ4n) is 5.31. The number of hydrogen-bond acceptors (Lipinski definition) is 10.